The van der Waals surface area contributed by atoms with Gasteiger partial charge in [-0.15, -0.1) is 0 Å². The van der Waals surface area contributed by atoms with E-state index in [9.17, 15) is 4.79 Å². The number of amidine groups is 1. The van der Waals surface area contributed by atoms with Crippen molar-refractivity contribution in [1.29, 1.82) is 0 Å². The molecular formula is C10H10N2O2. The minimum absolute atomic E-state index is 0.168. The Balaban J connectivity index is 2.27. The minimum atomic E-state index is -0.168. The van der Waals surface area contributed by atoms with Crippen molar-refractivity contribution < 1.29 is 9.21 Å². The number of aliphatic imine (C=N–C) groups is 1. The molecule has 0 unspecified atom stereocenters. The SMILES string of the molecule is CCC1=N/C(=C/c2ccco2)C(=O)N1. The predicted molar refractivity (Wildman–Crippen MR) is 52.6 cm³/mol. The van der Waals surface area contributed by atoms with E-state index in [-0.39, 0.29) is 5.91 Å². The summed E-state index contributed by atoms with van der Waals surface area (Å²) in [6, 6.07) is 3.55. The van der Waals surface area contributed by atoms with Gasteiger partial charge in [0.05, 0.1) is 6.26 Å². The first-order chi connectivity index (χ1) is 6.79. The molecule has 0 fully saturated rings. The zero-order valence-corrected chi connectivity index (χ0v) is 7.78. The first-order valence-corrected chi connectivity index (χ1v) is 4.43. The summed E-state index contributed by atoms with van der Waals surface area (Å²) in [5.41, 5.74) is 0.400. The highest BCUT2D eigenvalue weighted by atomic mass is 16.3. The van der Waals surface area contributed by atoms with E-state index >= 15 is 0 Å². The van der Waals surface area contributed by atoms with E-state index in [0.29, 0.717) is 17.3 Å². The van der Waals surface area contributed by atoms with Crippen LogP contribution in [0.15, 0.2) is 33.5 Å². The highest BCUT2D eigenvalue weighted by molar-refractivity contribution is 6.14. The molecular weight excluding hydrogens is 180 g/mol. The third-order valence-corrected chi connectivity index (χ3v) is 1.90. The van der Waals surface area contributed by atoms with Gasteiger partial charge >= 0.3 is 0 Å². The van der Waals surface area contributed by atoms with E-state index < -0.39 is 0 Å². The molecule has 72 valence electrons. The Morgan fingerprint density at radius 2 is 2.50 bits per heavy atom. The van der Waals surface area contributed by atoms with Gasteiger partial charge in [0, 0.05) is 12.5 Å². The second-order valence-electron chi connectivity index (χ2n) is 2.91. The van der Waals surface area contributed by atoms with Crippen molar-refractivity contribution in [1.82, 2.24) is 5.32 Å². The van der Waals surface area contributed by atoms with Crippen molar-refractivity contribution in [3.8, 4) is 0 Å². The smallest absolute Gasteiger partial charge is 0.275 e. The van der Waals surface area contributed by atoms with Crippen molar-refractivity contribution in [2.45, 2.75) is 13.3 Å². The number of carbonyl (C=O) groups excluding carboxylic acids is 1. The Hall–Kier alpha value is -1.84. The molecule has 1 N–H and O–H groups in total. The van der Waals surface area contributed by atoms with Crippen LogP contribution in [-0.2, 0) is 4.79 Å². The Bertz CT molecular complexity index is 402. The average Bonchev–Trinajstić information content (AvgIpc) is 2.78. The summed E-state index contributed by atoms with van der Waals surface area (Å²) in [7, 11) is 0. The molecule has 1 aliphatic heterocycles. The molecule has 1 aromatic heterocycles. The Labute approximate surface area is 81.3 Å². The topological polar surface area (TPSA) is 54.6 Å². The number of nitrogens with zero attached hydrogens (tertiary/aromatic N) is 1. The first-order valence-electron chi connectivity index (χ1n) is 4.43. The number of hydrogen-bond donors (Lipinski definition) is 1. The maximum Gasteiger partial charge on any atom is 0.275 e. The Morgan fingerprint density at radius 1 is 1.64 bits per heavy atom. The molecule has 2 rings (SSSR count). The fourth-order valence-corrected chi connectivity index (χ4v) is 1.19. The second-order valence-corrected chi connectivity index (χ2v) is 2.91. The average molecular weight is 190 g/mol. The van der Waals surface area contributed by atoms with Crippen LogP contribution in [-0.4, -0.2) is 11.7 Å². The molecule has 0 atom stereocenters. The van der Waals surface area contributed by atoms with Crippen molar-refractivity contribution in [3.63, 3.8) is 0 Å². The van der Waals surface area contributed by atoms with Gasteiger partial charge in [0.25, 0.3) is 5.91 Å². The lowest BCUT2D eigenvalue weighted by molar-refractivity contribution is -0.115. The van der Waals surface area contributed by atoms with Crippen LogP contribution in [0.1, 0.15) is 19.1 Å². The number of nitrogens with one attached hydrogen (secondary N) is 1. The molecule has 2 heterocycles. The van der Waals surface area contributed by atoms with Crippen LogP contribution in [0.3, 0.4) is 0 Å². The standard InChI is InChI=1S/C10H10N2O2/c1-2-9-11-8(10(13)12-9)6-7-4-3-5-14-7/h3-6H,2H2,1H3,(H,11,12,13)/b8-6+. The molecule has 0 spiro atoms. The molecule has 1 aliphatic rings. The highest BCUT2D eigenvalue weighted by Crippen LogP contribution is 2.12. The number of furan rings is 1. The lowest BCUT2D eigenvalue weighted by Crippen LogP contribution is -2.22. The summed E-state index contributed by atoms with van der Waals surface area (Å²) in [5.74, 6) is 1.17. The van der Waals surface area contributed by atoms with Gasteiger partial charge in [-0.25, -0.2) is 4.99 Å². The molecule has 14 heavy (non-hydrogen) atoms. The molecule has 0 saturated heterocycles. The molecule has 1 aromatic rings. The van der Waals surface area contributed by atoms with E-state index in [0.717, 1.165) is 6.42 Å². The van der Waals surface area contributed by atoms with Crippen molar-refractivity contribution in [3.05, 3.63) is 29.9 Å². The fraction of sp³-hybridized carbons (Fsp3) is 0.200. The molecule has 4 nitrogen and oxygen atoms in total. The van der Waals surface area contributed by atoms with Gasteiger partial charge in [-0.05, 0) is 12.1 Å². The van der Waals surface area contributed by atoms with E-state index in [1.807, 2.05) is 6.92 Å². The van der Waals surface area contributed by atoms with Crippen LogP contribution < -0.4 is 5.32 Å². The summed E-state index contributed by atoms with van der Waals surface area (Å²) >= 11 is 0. The fourth-order valence-electron chi connectivity index (χ4n) is 1.19. The van der Waals surface area contributed by atoms with Crippen molar-refractivity contribution in [2.24, 2.45) is 4.99 Å². The lowest BCUT2D eigenvalue weighted by Gasteiger charge is -1.91. The maximum absolute atomic E-state index is 11.3. The maximum atomic E-state index is 11.3. The van der Waals surface area contributed by atoms with Crippen LogP contribution in [0.5, 0.6) is 0 Å². The van der Waals surface area contributed by atoms with Gasteiger partial charge in [0.1, 0.15) is 17.3 Å². The Kier molecular flexibility index (Phi) is 2.18. The quantitative estimate of drug-likeness (QED) is 0.719. The van der Waals surface area contributed by atoms with E-state index in [1.54, 1.807) is 24.5 Å². The van der Waals surface area contributed by atoms with Crippen molar-refractivity contribution in [2.75, 3.05) is 0 Å². The molecule has 0 aliphatic carbocycles. The van der Waals surface area contributed by atoms with Gasteiger partial charge in [0.2, 0.25) is 0 Å². The summed E-state index contributed by atoms with van der Waals surface area (Å²) in [6.07, 6.45) is 3.91. The van der Waals surface area contributed by atoms with E-state index in [4.69, 9.17) is 4.42 Å². The molecule has 0 bridgehead atoms. The van der Waals surface area contributed by atoms with E-state index in [1.165, 1.54) is 0 Å². The molecule has 4 heteroatoms. The van der Waals surface area contributed by atoms with Crippen LogP contribution in [0.25, 0.3) is 6.08 Å². The van der Waals surface area contributed by atoms with Gasteiger partial charge in [-0.1, -0.05) is 6.92 Å². The zero-order valence-electron chi connectivity index (χ0n) is 7.78. The normalized spacial score (nSPS) is 18.5. The summed E-state index contributed by atoms with van der Waals surface area (Å²) < 4.78 is 5.09. The van der Waals surface area contributed by atoms with Gasteiger partial charge < -0.3 is 9.73 Å². The number of amides is 1. The molecule has 0 aromatic carbocycles. The first kappa shape index (κ1) is 8.74. The van der Waals surface area contributed by atoms with Crippen LogP contribution in [0.4, 0.5) is 0 Å². The third kappa shape index (κ3) is 1.59. The summed E-state index contributed by atoms with van der Waals surface area (Å²) in [5, 5.41) is 2.67. The number of hydrogen-bond acceptors (Lipinski definition) is 3. The summed E-state index contributed by atoms with van der Waals surface area (Å²) in [4.78, 5) is 15.5. The monoisotopic (exact) mass is 190 g/mol. The minimum Gasteiger partial charge on any atom is -0.465 e. The van der Waals surface area contributed by atoms with Gasteiger partial charge in [-0.3, -0.25) is 4.79 Å². The molecule has 0 saturated carbocycles. The van der Waals surface area contributed by atoms with Gasteiger partial charge in [0.15, 0.2) is 0 Å². The Morgan fingerprint density at radius 3 is 3.07 bits per heavy atom. The van der Waals surface area contributed by atoms with E-state index in [2.05, 4.69) is 10.3 Å². The summed E-state index contributed by atoms with van der Waals surface area (Å²) in [6.45, 7) is 1.94. The highest BCUT2D eigenvalue weighted by Gasteiger charge is 2.18. The van der Waals surface area contributed by atoms with Crippen LogP contribution in [0.2, 0.25) is 0 Å². The second kappa shape index (κ2) is 3.49. The third-order valence-electron chi connectivity index (χ3n) is 1.90. The van der Waals surface area contributed by atoms with Crippen LogP contribution in [0, 0.1) is 0 Å². The van der Waals surface area contributed by atoms with Gasteiger partial charge in [-0.2, -0.15) is 0 Å². The largest absolute Gasteiger partial charge is 0.465 e. The predicted octanol–water partition coefficient (Wildman–Crippen LogP) is 1.56. The molecule has 1 amide bonds. The van der Waals surface area contributed by atoms with Crippen LogP contribution >= 0.6 is 0 Å². The molecule has 0 radical (unpaired) electrons. The lowest BCUT2D eigenvalue weighted by atomic mass is 10.3. The number of rotatable bonds is 2. The van der Waals surface area contributed by atoms with Crippen molar-refractivity contribution >= 4 is 17.8 Å². The zero-order chi connectivity index (χ0) is 9.97. The number of carbonyl (C=O) groups is 1.